The molecule has 0 aromatic carbocycles. The Labute approximate surface area is 148 Å². The van der Waals surface area contributed by atoms with Crippen LogP contribution in [0.15, 0.2) is 0 Å². The van der Waals surface area contributed by atoms with Gasteiger partial charge in [-0.25, -0.2) is 4.79 Å². The van der Waals surface area contributed by atoms with Crippen molar-refractivity contribution in [3.05, 3.63) is 0 Å². The average molecular weight is 350 g/mol. The fourth-order valence-corrected chi connectivity index (χ4v) is 5.28. The maximum atomic E-state index is 12.8. The van der Waals surface area contributed by atoms with Crippen molar-refractivity contribution in [3.8, 4) is 0 Å². The van der Waals surface area contributed by atoms with Crippen molar-refractivity contribution >= 4 is 29.3 Å². The van der Waals surface area contributed by atoms with Gasteiger partial charge in [-0.15, -0.1) is 0 Å². The molecule has 4 rings (SSSR count). The van der Waals surface area contributed by atoms with Gasteiger partial charge >= 0.3 is 6.03 Å². The summed E-state index contributed by atoms with van der Waals surface area (Å²) in [7, 11) is 0. The molecule has 4 fully saturated rings. The van der Waals surface area contributed by atoms with Gasteiger partial charge in [0.25, 0.3) is 5.91 Å². The van der Waals surface area contributed by atoms with Crippen LogP contribution in [-0.2, 0) is 4.79 Å². The van der Waals surface area contributed by atoms with Gasteiger partial charge in [-0.2, -0.15) is 5.01 Å². The van der Waals surface area contributed by atoms with E-state index >= 15 is 0 Å². The lowest BCUT2D eigenvalue weighted by atomic mass is 9.77. The fraction of sp³-hybridized carbons (Fsp3) is 0.824. The second-order valence-electron chi connectivity index (χ2n) is 8.20. The van der Waals surface area contributed by atoms with Crippen LogP contribution in [-0.4, -0.2) is 33.6 Å². The topological polar surface area (TPSA) is 73.5 Å². The van der Waals surface area contributed by atoms with Crippen LogP contribution >= 0.6 is 12.2 Å². The van der Waals surface area contributed by atoms with E-state index in [1.54, 1.807) is 0 Å². The third-order valence-electron chi connectivity index (χ3n) is 6.56. The number of nitrogens with one attached hydrogen (secondary N) is 3. The minimum atomic E-state index is -0.724. The second-order valence-corrected chi connectivity index (χ2v) is 8.61. The number of thiocarbonyl (C=S) groups is 1. The summed E-state index contributed by atoms with van der Waals surface area (Å²) in [4.78, 5) is 25.1. The normalized spacial score (nSPS) is 41.0. The zero-order valence-electron chi connectivity index (χ0n) is 14.1. The predicted molar refractivity (Wildman–Crippen MR) is 93.8 cm³/mol. The van der Waals surface area contributed by atoms with Crippen molar-refractivity contribution in [2.75, 3.05) is 0 Å². The monoisotopic (exact) mass is 350 g/mol. The molecule has 4 aliphatic rings. The molecule has 24 heavy (non-hydrogen) atoms. The average Bonchev–Trinajstić information content (AvgIpc) is 3.21. The second kappa shape index (κ2) is 5.86. The van der Waals surface area contributed by atoms with Crippen LogP contribution in [0, 0.1) is 17.8 Å². The van der Waals surface area contributed by atoms with E-state index in [0.717, 1.165) is 30.2 Å². The number of imide groups is 1. The van der Waals surface area contributed by atoms with Crippen molar-refractivity contribution in [1.29, 1.82) is 0 Å². The molecule has 0 radical (unpaired) electrons. The highest BCUT2D eigenvalue weighted by Gasteiger charge is 2.52. The van der Waals surface area contributed by atoms with Crippen LogP contribution < -0.4 is 16.1 Å². The molecule has 1 spiro atoms. The summed E-state index contributed by atoms with van der Waals surface area (Å²) < 4.78 is 0. The number of hydrogen-bond acceptors (Lipinski definition) is 3. The first-order chi connectivity index (χ1) is 11.5. The highest BCUT2D eigenvalue weighted by molar-refractivity contribution is 7.80. The Balaban J connectivity index is 1.36. The van der Waals surface area contributed by atoms with Crippen molar-refractivity contribution in [3.63, 3.8) is 0 Å². The molecule has 7 heteroatoms. The third kappa shape index (κ3) is 2.66. The Hall–Kier alpha value is -1.37. The van der Waals surface area contributed by atoms with E-state index in [9.17, 15) is 9.59 Å². The molecule has 1 aliphatic heterocycles. The van der Waals surface area contributed by atoms with E-state index in [1.807, 2.05) is 0 Å². The smallest absolute Gasteiger partial charge is 0.344 e. The van der Waals surface area contributed by atoms with Crippen LogP contribution in [0.25, 0.3) is 0 Å². The van der Waals surface area contributed by atoms with E-state index in [1.165, 1.54) is 19.3 Å². The number of nitrogens with zero attached hydrogens (tertiary/aromatic N) is 1. The number of hydrogen-bond donors (Lipinski definition) is 3. The molecule has 2 bridgehead atoms. The summed E-state index contributed by atoms with van der Waals surface area (Å²) in [5.74, 6) is 1.93. The quantitative estimate of drug-likeness (QED) is 0.525. The Bertz CT molecular complexity index is 573. The summed E-state index contributed by atoms with van der Waals surface area (Å²) in [5.41, 5.74) is 2.12. The number of carbonyl (C=O) groups is 2. The van der Waals surface area contributed by atoms with Gasteiger partial charge in [0.15, 0.2) is 5.11 Å². The van der Waals surface area contributed by atoms with Gasteiger partial charge in [0.1, 0.15) is 5.54 Å². The molecule has 0 aromatic heterocycles. The molecule has 3 amide bonds. The van der Waals surface area contributed by atoms with Gasteiger partial charge in [-0.1, -0.05) is 13.3 Å². The highest BCUT2D eigenvalue weighted by Crippen LogP contribution is 2.44. The zero-order chi connectivity index (χ0) is 16.9. The number of hydrazine groups is 1. The van der Waals surface area contributed by atoms with E-state index in [4.69, 9.17) is 12.2 Å². The van der Waals surface area contributed by atoms with Gasteiger partial charge in [-0.05, 0) is 74.9 Å². The lowest BCUT2D eigenvalue weighted by Gasteiger charge is -2.33. The van der Waals surface area contributed by atoms with Crippen LogP contribution in [0.5, 0.6) is 0 Å². The van der Waals surface area contributed by atoms with E-state index in [0.29, 0.717) is 35.8 Å². The number of amides is 3. The zero-order valence-corrected chi connectivity index (χ0v) is 15.0. The van der Waals surface area contributed by atoms with Gasteiger partial charge < -0.3 is 10.6 Å². The Morgan fingerprint density at radius 1 is 1.21 bits per heavy atom. The van der Waals surface area contributed by atoms with E-state index in [2.05, 4.69) is 23.0 Å². The maximum absolute atomic E-state index is 12.8. The molecule has 3 atom stereocenters. The van der Waals surface area contributed by atoms with Gasteiger partial charge in [-0.3, -0.25) is 10.2 Å². The minimum absolute atomic E-state index is 0.184. The molecular formula is C17H26N4O2S. The molecular weight excluding hydrogens is 324 g/mol. The third-order valence-corrected chi connectivity index (χ3v) is 6.77. The van der Waals surface area contributed by atoms with Gasteiger partial charge in [0, 0.05) is 6.04 Å². The SMILES string of the molecule is CC1CCC2(CC1)NC(=O)N(NC(=S)NC1CC3CCC1C3)C2=O. The molecule has 132 valence electrons. The molecule has 3 unspecified atom stereocenters. The summed E-state index contributed by atoms with van der Waals surface area (Å²) in [6, 6.07) is 0.000604. The molecule has 3 N–H and O–H groups in total. The summed E-state index contributed by atoms with van der Waals surface area (Å²) >= 11 is 5.36. The van der Waals surface area contributed by atoms with Crippen molar-refractivity contribution < 1.29 is 9.59 Å². The molecule has 3 aliphatic carbocycles. The summed E-state index contributed by atoms with van der Waals surface area (Å²) in [6.07, 6.45) is 8.37. The van der Waals surface area contributed by atoms with Crippen LogP contribution in [0.1, 0.15) is 58.3 Å². The van der Waals surface area contributed by atoms with Crippen LogP contribution in [0.4, 0.5) is 4.79 Å². The van der Waals surface area contributed by atoms with E-state index in [-0.39, 0.29) is 11.9 Å². The Morgan fingerprint density at radius 3 is 2.58 bits per heavy atom. The lowest BCUT2D eigenvalue weighted by Crippen LogP contribution is -2.55. The molecule has 0 aromatic rings. The molecule has 1 heterocycles. The minimum Gasteiger partial charge on any atom is -0.358 e. The van der Waals surface area contributed by atoms with Gasteiger partial charge in [0.05, 0.1) is 0 Å². The number of urea groups is 1. The van der Waals surface area contributed by atoms with Gasteiger partial charge in [0.2, 0.25) is 0 Å². The van der Waals surface area contributed by atoms with Crippen molar-refractivity contribution in [2.24, 2.45) is 17.8 Å². The Morgan fingerprint density at radius 2 is 1.96 bits per heavy atom. The number of carbonyl (C=O) groups excluding carboxylic acids is 2. The molecule has 1 saturated heterocycles. The maximum Gasteiger partial charge on any atom is 0.344 e. The summed E-state index contributed by atoms with van der Waals surface area (Å²) in [6.45, 7) is 2.19. The first kappa shape index (κ1) is 16.1. The molecule has 6 nitrogen and oxygen atoms in total. The predicted octanol–water partition coefficient (Wildman–Crippen LogP) is 2.05. The number of fused-ring (bicyclic) bond motifs is 2. The fourth-order valence-electron chi connectivity index (χ4n) is 5.04. The largest absolute Gasteiger partial charge is 0.358 e. The summed E-state index contributed by atoms with van der Waals surface area (Å²) in [5, 5.41) is 7.69. The first-order valence-corrected chi connectivity index (χ1v) is 9.61. The highest BCUT2D eigenvalue weighted by atomic mass is 32.1. The molecule has 3 saturated carbocycles. The number of rotatable bonds is 2. The first-order valence-electron chi connectivity index (χ1n) is 9.21. The van der Waals surface area contributed by atoms with Crippen molar-refractivity contribution in [1.82, 2.24) is 21.1 Å². The van der Waals surface area contributed by atoms with Crippen molar-refractivity contribution in [2.45, 2.75) is 69.9 Å². The van der Waals surface area contributed by atoms with Crippen LogP contribution in [0.3, 0.4) is 0 Å². The van der Waals surface area contributed by atoms with Crippen LogP contribution in [0.2, 0.25) is 0 Å². The lowest BCUT2D eigenvalue weighted by molar-refractivity contribution is -0.133. The van der Waals surface area contributed by atoms with E-state index < -0.39 is 5.54 Å². The Kier molecular flexibility index (Phi) is 3.94. The standard InChI is InChI=1S/C17H26N4O2S/c1-10-4-6-17(7-5-10)14(22)21(16(23)19-17)20-15(24)18-13-9-11-2-3-12(13)8-11/h10-13H,2-9H2,1H3,(H,19,23)(H2,18,20,24).